The van der Waals surface area contributed by atoms with Crippen LogP contribution in [0.2, 0.25) is 0 Å². The van der Waals surface area contributed by atoms with Crippen LogP contribution in [0.25, 0.3) is 88.3 Å². The average Bonchev–Trinajstić information content (AvgIpc) is 3.71. The summed E-state index contributed by atoms with van der Waals surface area (Å²) in [5, 5.41) is 4.81. The smallest absolute Gasteiger partial charge is 0.135 e. The van der Waals surface area contributed by atoms with E-state index < -0.39 is 0 Å². The molecule has 0 spiro atoms. The van der Waals surface area contributed by atoms with Crippen molar-refractivity contribution in [1.29, 1.82) is 0 Å². The summed E-state index contributed by atoms with van der Waals surface area (Å²) < 4.78 is 6.12. The summed E-state index contributed by atoms with van der Waals surface area (Å²) in [5.41, 5.74) is 17.7. The Hall–Kier alpha value is -7.74. The Morgan fingerprint density at radius 3 is 1.33 bits per heavy atom. The zero-order valence-corrected chi connectivity index (χ0v) is 33.0. The summed E-state index contributed by atoms with van der Waals surface area (Å²) in [6.07, 6.45) is 0. The molecule has 10 aromatic carbocycles. The first-order valence-electron chi connectivity index (χ1n) is 20.7. The monoisotopic (exact) mass is 764 g/mol. The summed E-state index contributed by atoms with van der Waals surface area (Å²) in [6.45, 7) is 0. The van der Waals surface area contributed by atoms with Crippen LogP contribution in [0.1, 0.15) is 22.6 Å². The second kappa shape index (κ2) is 15.2. The molecule has 282 valence electrons. The molecule has 60 heavy (non-hydrogen) atoms. The van der Waals surface area contributed by atoms with Gasteiger partial charge in [-0.3, -0.25) is 0 Å². The highest BCUT2D eigenvalue weighted by Crippen LogP contribution is 2.41. The van der Waals surface area contributed by atoms with Crippen molar-refractivity contribution in [2.24, 2.45) is 0 Å². The zero-order valence-electron chi connectivity index (χ0n) is 33.0. The van der Waals surface area contributed by atoms with Crippen molar-refractivity contribution in [2.75, 3.05) is 0 Å². The first-order chi connectivity index (χ1) is 29.7. The molecule has 1 atom stereocenters. The third-order valence-electron chi connectivity index (χ3n) is 12.1. The molecule has 1 unspecified atom stereocenters. The number of hydrogen-bond acceptors (Lipinski definition) is 1. The maximum absolute atomic E-state index is 6.12. The van der Waals surface area contributed by atoms with Crippen LogP contribution in [0.4, 0.5) is 0 Å². The molecular formula is C59H40O. The Labute approximate surface area is 350 Å². The lowest BCUT2D eigenvalue weighted by Crippen LogP contribution is -2.05. The molecule has 0 amide bonds. The molecule has 0 radical (unpaired) electrons. The molecule has 0 aliphatic heterocycles. The topological polar surface area (TPSA) is 13.1 Å². The van der Waals surface area contributed by atoms with Gasteiger partial charge in [-0.05, 0) is 107 Å². The standard InChI is InChI=1S/C59H40O/c1-3-12-40(13-4-1)41-22-24-42(25-23-41)43-26-30-46(31-27-43)59(55-36-35-51(45-14-5-2-6-15-45)52-18-7-8-19-53(52)55)47-32-28-44(29-33-47)48-16-11-17-49(38-48)50-34-37-58-56(39-50)54-20-9-10-21-57(54)60-58/h1-39,59H. The van der Waals surface area contributed by atoms with Crippen molar-refractivity contribution in [3.05, 3.63) is 253 Å². The predicted octanol–water partition coefficient (Wildman–Crippen LogP) is 16.3. The molecule has 11 rings (SSSR count). The van der Waals surface area contributed by atoms with E-state index in [0.29, 0.717) is 0 Å². The minimum atomic E-state index is 0.0196. The van der Waals surface area contributed by atoms with E-state index in [0.717, 1.165) is 21.9 Å². The number of benzene rings is 10. The summed E-state index contributed by atoms with van der Waals surface area (Å²) in [6, 6.07) is 85.8. The van der Waals surface area contributed by atoms with Gasteiger partial charge < -0.3 is 4.42 Å². The zero-order chi connectivity index (χ0) is 39.8. The number of furan rings is 1. The molecule has 11 aromatic rings. The fourth-order valence-corrected chi connectivity index (χ4v) is 9.00. The minimum absolute atomic E-state index is 0.0196. The van der Waals surface area contributed by atoms with E-state index >= 15 is 0 Å². The molecular weight excluding hydrogens is 725 g/mol. The largest absolute Gasteiger partial charge is 0.456 e. The molecule has 0 saturated heterocycles. The second-order valence-electron chi connectivity index (χ2n) is 15.6. The Morgan fingerprint density at radius 1 is 0.250 bits per heavy atom. The molecule has 1 heteroatoms. The van der Waals surface area contributed by atoms with E-state index in [2.05, 4.69) is 224 Å². The van der Waals surface area contributed by atoms with Crippen molar-refractivity contribution in [3.8, 4) is 55.6 Å². The lowest BCUT2D eigenvalue weighted by Gasteiger charge is -2.23. The summed E-state index contributed by atoms with van der Waals surface area (Å²) in [5.74, 6) is 0.0196. The van der Waals surface area contributed by atoms with Crippen LogP contribution in [0.15, 0.2) is 241 Å². The highest BCUT2D eigenvalue weighted by Gasteiger charge is 2.21. The first-order valence-corrected chi connectivity index (χ1v) is 20.7. The van der Waals surface area contributed by atoms with Gasteiger partial charge in [-0.15, -0.1) is 0 Å². The number of hydrogen-bond donors (Lipinski definition) is 0. The molecule has 0 fully saturated rings. The summed E-state index contributed by atoms with van der Waals surface area (Å²) >= 11 is 0. The normalized spacial score (nSPS) is 11.9. The van der Waals surface area contributed by atoms with Crippen LogP contribution in [-0.4, -0.2) is 0 Å². The summed E-state index contributed by atoms with van der Waals surface area (Å²) in [4.78, 5) is 0. The van der Waals surface area contributed by atoms with Crippen molar-refractivity contribution in [3.63, 3.8) is 0 Å². The van der Waals surface area contributed by atoms with Gasteiger partial charge in [0.05, 0.1) is 0 Å². The van der Waals surface area contributed by atoms with Crippen LogP contribution in [-0.2, 0) is 0 Å². The van der Waals surface area contributed by atoms with Crippen LogP contribution in [0.3, 0.4) is 0 Å². The molecule has 1 heterocycles. The van der Waals surface area contributed by atoms with Crippen molar-refractivity contribution in [1.82, 2.24) is 0 Å². The number of fused-ring (bicyclic) bond motifs is 4. The summed E-state index contributed by atoms with van der Waals surface area (Å²) in [7, 11) is 0. The van der Waals surface area contributed by atoms with Gasteiger partial charge in [0.2, 0.25) is 0 Å². The Morgan fingerprint density at radius 2 is 0.683 bits per heavy atom. The number of rotatable bonds is 8. The van der Waals surface area contributed by atoms with Crippen LogP contribution in [0, 0.1) is 0 Å². The van der Waals surface area contributed by atoms with Gasteiger partial charge in [0.1, 0.15) is 11.2 Å². The minimum Gasteiger partial charge on any atom is -0.456 e. The fourth-order valence-electron chi connectivity index (χ4n) is 9.00. The van der Waals surface area contributed by atoms with E-state index in [4.69, 9.17) is 4.42 Å². The maximum Gasteiger partial charge on any atom is 0.135 e. The first kappa shape index (κ1) is 35.4. The van der Waals surface area contributed by atoms with Crippen LogP contribution < -0.4 is 0 Å². The molecule has 1 aromatic heterocycles. The lowest BCUT2D eigenvalue weighted by atomic mass is 9.80. The lowest BCUT2D eigenvalue weighted by molar-refractivity contribution is 0.669. The van der Waals surface area contributed by atoms with Gasteiger partial charge in [-0.2, -0.15) is 0 Å². The molecule has 0 saturated carbocycles. The molecule has 0 bridgehead atoms. The second-order valence-corrected chi connectivity index (χ2v) is 15.6. The van der Waals surface area contributed by atoms with E-state index in [-0.39, 0.29) is 5.92 Å². The van der Waals surface area contributed by atoms with Crippen LogP contribution in [0.5, 0.6) is 0 Å². The van der Waals surface area contributed by atoms with Gasteiger partial charge in [-0.1, -0.05) is 212 Å². The van der Waals surface area contributed by atoms with Gasteiger partial charge in [-0.25, -0.2) is 0 Å². The quantitative estimate of drug-likeness (QED) is 0.140. The highest BCUT2D eigenvalue weighted by molar-refractivity contribution is 6.06. The third-order valence-corrected chi connectivity index (χ3v) is 12.1. The predicted molar refractivity (Wildman–Crippen MR) is 252 cm³/mol. The average molecular weight is 765 g/mol. The molecule has 1 nitrogen and oxygen atoms in total. The van der Waals surface area contributed by atoms with Crippen molar-refractivity contribution < 1.29 is 4.42 Å². The third kappa shape index (κ3) is 6.57. The van der Waals surface area contributed by atoms with E-state index in [1.165, 1.54) is 83.1 Å². The fraction of sp³-hybridized carbons (Fsp3) is 0.0169. The Balaban J connectivity index is 0.971. The van der Waals surface area contributed by atoms with Crippen LogP contribution >= 0.6 is 0 Å². The highest BCUT2D eigenvalue weighted by atomic mass is 16.3. The molecule has 0 N–H and O–H groups in total. The molecule has 0 aliphatic rings. The van der Waals surface area contributed by atoms with Crippen molar-refractivity contribution >= 4 is 32.7 Å². The van der Waals surface area contributed by atoms with Gasteiger partial charge in [0.15, 0.2) is 0 Å². The maximum atomic E-state index is 6.12. The van der Waals surface area contributed by atoms with E-state index in [1.54, 1.807) is 0 Å². The van der Waals surface area contributed by atoms with Gasteiger partial charge in [0.25, 0.3) is 0 Å². The van der Waals surface area contributed by atoms with Gasteiger partial charge >= 0.3 is 0 Å². The SMILES string of the molecule is c1ccc(-c2ccc(-c3ccc(C(c4ccc(-c5cccc(-c6ccc7oc8ccccc8c7c6)c5)cc4)c4ccc(-c5ccccc5)c5ccccc45)cc3)cc2)cc1. The van der Waals surface area contributed by atoms with E-state index in [1.807, 2.05) is 12.1 Å². The Bertz CT molecular complexity index is 3270. The van der Waals surface area contributed by atoms with Crippen molar-refractivity contribution in [2.45, 2.75) is 5.92 Å². The molecule has 0 aliphatic carbocycles. The van der Waals surface area contributed by atoms with E-state index in [9.17, 15) is 0 Å². The van der Waals surface area contributed by atoms with Gasteiger partial charge in [0, 0.05) is 16.7 Å². The Kier molecular flexibility index (Phi) is 8.98. The number of para-hydroxylation sites is 1.